The van der Waals surface area contributed by atoms with Crippen molar-refractivity contribution in [2.45, 2.75) is 0 Å². The van der Waals surface area contributed by atoms with E-state index in [2.05, 4.69) is 9.97 Å². The van der Waals surface area contributed by atoms with Crippen LogP contribution in [-0.4, -0.2) is 17.1 Å². The van der Waals surface area contributed by atoms with Crippen molar-refractivity contribution in [2.24, 2.45) is 0 Å². The molecule has 1 aromatic heterocycles. The number of benzene rings is 2. The summed E-state index contributed by atoms with van der Waals surface area (Å²) in [5, 5.41) is 0. The molecule has 0 radical (unpaired) electrons. The molecule has 0 saturated heterocycles. The maximum Gasteiger partial charge on any atom is 0.136 e. The lowest BCUT2D eigenvalue weighted by Crippen LogP contribution is -1.95. The van der Waals surface area contributed by atoms with Gasteiger partial charge in [-0.2, -0.15) is 0 Å². The van der Waals surface area contributed by atoms with E-state index in [9.17, 15) is 4.39 Å². The zero-order valence-electron chi connectivity index (χ0n) is 10.3. The third kappa shape index (κ3) is 2.01. The van der Waals surface area contributed by atoms with Gasteiger partial charge < -0.3 is 4.74 Å². The lowest BCUT2D eigenvalue weighted by molar-refractivity contribution is 0.413. The van der Waals surface area contributed by atoms with Crippen molar-refractivity contribution in [3.05, 3.63) is 54.5 Å². The summed E-state index contributed by atoms with van der Waals surface area (Å²) in [6.45, 7) is 0. The number of aromatic nitrogens is 2. The van der Waals surface area contributed by atoms with Gasteiger partial charge in [-0.05, 0) is 24.3 Å². The second kappa shape index (κ2) is 4.65. The molecule has 0 bridgehead atoms. The van der Waals surface area contributed by atoms with E-state index in [0.29, 0.717) is 17.0 Å². The van der Waals surface area contributed by atoms with Crippen molar-refractivity contribution in [1.82, 2.24) is 9.97 Å². The molecule has 1 heterocycles. The van der Waals surface area contributed by atoms with Crippen LogP contribution in [0.4, 0.5) is 4.39 Å². The number of nitrogens with zero attached hydrogens (tertiary/aromatic N) is 2. The van der Waals surface area contributed by atoms with Crippen LogP contribution in [0.25, 0.3) is 22.3 Å². The average Bonchev–Trinajstić information content (AvgIpc) is 2.46. The molecule has 19 heavy (non-hydrogen) atoms. The van der Waals surface area contributed by atoms with E-state index >= 15 is 0 Å². The fourth-order valence-corrected chi connectivity index (χ4v) is 2.00. The van der Waals surface area contributed by atoms with Crippen LogP contribution in [0.5, 0.6) is 5.75 Å². The topological polar surface area (TPSA) is 35.0 Å². The molecule has 94 valence electrons. The van der Waals surface area contributed by atoms with Crippen LogP contribution >= 0.6 is 0 Å². The molecule has 0 unspecified atom stereocenters. The fourth-order valence-electron chi connectivity index (χ4n) is 2.00. The molecule has 4 heteroatoms. The molecule has 3 nitrogen and oxygen atoms in total. The summed E-state index contributed by atoms with van der Waals surface area (Å²) in [7, 11) is 1.51. The minimum absolute atomic E-state index is 0.336. The van der Waals surface area contributed by atoms with Gasteiger partial charge in [-0.15, -0.1) is 0 Å². The van der Waals surface area contributed by atoms with Crippen molar-refractivity contribution in [2.75, 3.05) is 7.11 Å². The highest BCUT2D eigenvalue weighted by Crippen LogP contribution is 2.31. The zero-order chi connectivity index (χ0) is 13.2. The van der Waals surface area contributed by atoms with Crippen LogP contribution in [-0.2, 0) is 0 Å². The van der Waals surface area contributed by atoms with Crippen molar-refractivity contribution >= 4 is 11.0 Å². The lowest BCUT2D eigenvalue weighted by Gasteiger charge is -2.09. The minimum Gasteiger partial charge on any atom is -0.496 e. The molecule has 0 aliphatic heterocycles. The van der Waals surface area contributed by atoms with Crippen LogP contribution < -0.4 is 4.74 Å². The molecule has 0 amide bonds. The quantitative estimate of drug-likeness (QED) is 0.702. The fraction of sp³-hybridized carbons (Fsp3) is 0.0667. The van der Waals surface area contributed by atoms with Gasteiger partial charge in [-0.1, -0.05) is 18.2 Å². The lowest BCUT2D eigenvalue weighted by atomic mass is 10.1. The highest BCUT2D eigenvalue weighted by atomic mass is 19.1. The number of fused-ring (bicyclic) bond motifs is 1. The van der Waals surface area contributed by atoms with Gasteiger partial charge in [0.1, 0.15) is 11.6 Å². The first-order chi connectivity index (χ1) is 9.29. The van der Waals surface area contributed by atoms with Gasteiger partial charge in [0.2, 0.25) is 0 Å². The van der Waals surface area contributed by atoms with E-state index in [-0.39, 0.29) is 5.82 Å². The maximum absolute atomic E-state index is 14.0. The monoisotopic (exact) mass is 254 g/mol. The Bertz CT molecular complexity index is 743. The molecular formula is C15H11FN2O. The van der Waals surface area contributed by atoms with Gasteiger partial charge in [0.15, 0.2) is 0 Å². The molecule has 2 aromatic carbocycles. The highest BCUT2D eigenvalue weighted by molar-refractivity contribution is 5.78. The smallest absolute Gasteiger partial charge is 0.136 e. The summed E-state index contributed by atoms with van der Waals surface area (Å²) < 4.78 is 19.2. The Labute approximate surface area is 109 Å². The molecule has 0 aliphatic carbocycles. The Morgan fingerprint density at radius 2 is 1.79 bits per heavy atom. The van der Waals surface area contributed by atoms with E-state index in [4.69, 9.17) is 4.74 Å². The highest BCUT2D eigenvalue weighted by Gasteiger charge is 2.13. The zero-order valence-corrected chi connectivity index (χ0v) is 10.3. The van der Waals surface area contributed by atoms with Crippen LogP contribution in [0.15, 0.2) is 48.7 Å². The number of ether oxygens (including phenoxy) is 1. The summed E-state index contributed by atoms with van der Waals surface area (Å²) in [5.74, 6) is 0.0773. The van der Waals surface area contributed by atoms with Gasteiger partial charge in [0.25, 0.3) is 0 Å². The summed E-state index contributed by atoms with van der Waals surface area (Å²) >= 11 is 0. The first-order valence-corrected chi connectivity index (χ1v) is 5.84. The van der Waals surface area contributed by atoms with Gasteiger partial charge >= 0.3 is 0 Å². The third-order valence-electron chi connectivity index (χ3n) is 2.90. The predicted octanol–water partition coefficient (Wildman–Crippen LogP) is 3.44. The normalized spacial score (nSPS) is 10.6. The van der Waals surface area contributed by atoms with Crippen LogP contribution in [0.1, 0.15) is 0 Å². The van der Waals surface area contributed by atoms with Crippen molar-refractivity contribution in [3.8, 4) is 17.0 Å². The molecule has 0 atom stereocenters. The summed E-state index contributed by atoms with van der Waals surface area (Å²) in [4.78, 5) is 8.72. The summed E-state index contributed by atoms with van der Waals surface area (Å²) in [5.41, 5.74) is 2.31. The number of para-hydroxylation sites is 2. The predicted molar refractivity (Wildman–Crippen MR) is 71.5 cm³/mol. The molecule has 3 aromatic rings. The van der Waals surface area contributed by atoms with Gasteiger partial charge in [0.05, 0.1) is 35.6 Å². The molecule has 3 rings (SSSR count). The Balaban J connectivity index is 2.24. The van der Waals surface area contributed by atoms with E-state index in [1.165, 1.54) is 13.2 Å². The average molecular weight is 254 g/mol. The first-order valence-electron chi connectivity index (χ1n) is 5.84. The molecule has 0 saturated carbocycles. The molecule has 0 aliphatic rings. The number of methoxy groups -OCH3 is 1. The number of rotatable bonds is 2. The van der Waals surface area contributed by atoms with Gasteiger partial charge in [-0.3, -0.25) is 4.98 Å². The van der Waals surface area contributed by atoms with E-state index in [1.807, 2.05) is 24.3 Å². The SMILES string of the molecule is COc1cccc(F)c1-c1cnc2ccccc2n1. The minimum atomic E-state index is -0.371. The standard InChI is InChI=1S/C15H11FN2O/c1-19-14-8-4-5-10(16)15(14)13-9-17-11-6-2-3-7-12(11)18-13/h2-9H,1H3. The Morgan fingerprint density at radius 1 is 1.00 bits per heavy atom. The third-order valence-corrected chi connectivity index (χ3v) is 2.90. The Kier molecular flexibility index (Phi) is 2.83. The largest absolute Gasteiger partial charge is 0.496 e. The van der Waals surface area contributed by atoms with Crippen LogP contribution in [0, 0.1) is 5.82 Å². The molecule has 0 fully saturated rings. The summed E-state index contributed by atoms with van der Waals surface area (Å²) in [6.07, 6.45) is 1.56. The second-order valence-electron chi connectivity index (χ2n) is 4.06. The second-order valence-corrected chi connectivity index (χ2v) is 4.06. The molecular weight excluding hydrogens is 243 g/mol. The first kappa shape index (κ1) is 11.6. The van der Waals surface area contributed by atoms with E-state index in [0.717, 1.165) is 11.0 Å². The van der Waals surface area contributed by atoms with Gasteiger partial charge in [0, 0.05) is 0 Å². The number of halogens is 1. The summed E-state index contributed by atoms with van der Waals surface area (Å²) in [6, 6.07) is 12.2. The molecule has 0 N–H and O–H groups in total. The molecule has 0 spiro atoms. The van der Waals surface area contributed by atoms with Crippen molar-refractivity contribution in [3.63, 3.8) is 0 Å². The van der Waals surface area contributed by atoms with Gasteiger partial charge in [-0.25, -0.2) is 9.37 Å². The Hall–Kier alpha value is -2.49. The number of hydrogen-bond acceptors (Lipinski definition) is 3. The van der Waals surface area contributed by atoms with E-state index < -0.39 is 0 Å². The number of hydrogen-bond donors (Lipinski definition) is 0. The van der Waals surface area contributed by atoms with E-state index in [1.54, 1.807) is 18.3 Å². The van der Waals surface area contributed by atoms with Crippen molar-refractivity contribution in [1.29, 1.82) is 0 Å². The van der Waals surface area contributed by atoms with Crippen LogP contribution in [0.2, 0.25) is 0 Å². The van der Waals surface area contributed by atoms with Crippen LogP contribution in [0.3, 0.4) is 0 Å². The van der Waals surface area contributed by atoms with Crippen molar-refractivity contribution < 1.29 is 9.13 Å². The maximum atomic E-state index is 14.0. The Morgan fingerprint density at radius 3 is 2.58 bits per heavy atom.